The summed E-state index contributed by atoms with van der Waals surface area (Å²) in [5, 5.41) is 20.0. The summed E-state index contributed by atoms with van der Waals surface area (Å²) < 4.78 is 0. The molecule has 0 unspecified atom stereocenters. The van der Waals surface area contributed by atoms with Crippen LogP contribution >= 0.6 is 21.6 Å². The lowest BCUT2D eigenvalue weighted by Crippen LogP contribution is -2.31. The first-order valence-corrected chi connectivity index (χ1v) is 9.99. The van der Waals surface area contributed by atoms with Gasteiger partial charge in [-0.2, -0.15) is 0 Å². The molecule has 0 heterocycles. The molecule has 0 aliphatic heterocycles. The van der Waals surface area contributed by atoms with E-state index < -0.39 is 30.4 Å². The number of imide groups is 1. The van der Waals surface area contributed by atoms with Gasteiger partial charge in [-0.25, -0.2) is 9.69 Å². The Bertz CT molecular complexity index is 918. The van der Waals surface area contributed by atoms with Gasteiger partial charge in [-0.3, -0.25) is 14.4 Å². The molecule has 0 fully saturated rings. The van der Waals surface area contributed by atoms with Crippen LogP contribution in [-0.4, -0.2) is 52.6 Å². The monoisotopic (exact) mass is 420 g/mol. The fourth-order valence-electron chi connectivity index (χ4n) is 2.05. The van der Waals surface area contributed by atoms with Crippen molar-refractivity contribution >= 4 is 45.5 Å². The number of carbonyl (C=O) groups is 4. The Morgan fingerprint density at radius 2 is 1.39 bits per heavy atom. The molecule has 3 N–H and O–H groups in total. The molecule has 2 rings (SSSR count). The molecule has 0 radical (unpaired) electrons. The second-order valence-corrected chi connectivity index (χ2v) is 7.60. The van der Waals surface area contributed by atoms with Crippen molar-refractivity contribution in [1.82, 2.24) is 10.2 Å². The number of hydrogen-bond acceptors (Lipinski definition) is 6. The van der Waals surface area contributed by atoms with E-state index in [4.69, 9.17) is 10.2 Å². The van der Waals surface area contributed by atoms with Gasteiger partial charge in [-0.1, -0.05) is 45.9 Å². The highest BCUT2D eigenvalue weighted by Gasteiger charge is 2.21. The summed E-state index contributed by atoms with van der Waals surface area (Å²) in [5.74, 6) is -2.34. The second-order valence-electron chi connectivity index (χ2n) is 5.38. The first-order valence-electron chi connectivity index (χ1n) is 7.84. The van der Waals surface area contributed by atoms with E-state index in [9.17, 15) is 19.2 Å². The molecule has 0 atom stereocenters. The van der Waals surface area contributed by atoms with Gasteiger partial charge in [-0.15, -0.1) is 0 Å². The number of amides is 3. The fourth-order valence-corrected chi connectivity index (χ4v) is 4.41. The van der Waals surface area contributed by atoms with Crippen LogP contribution in [0.15, 0.2) is 58.3 Å². The molecular formula is C18H16N2O6S2. The summed E-state index contributed by atoms with van der Waals surface area (Å²) in [7, 11) is 3.57. The topological polar surface area (TPSA) is 124 Å². The lowest BCUT2D eigenvalue weighted by atomic mass is 10.2. The Morgan fingerprint density at radius 1 is 0.893 bits per heavy atom. The Labute approximate surface area is 168 Å². The minimum absolute atomic E-state index is 0.220. The Balaban J connectivity index is 2.20. The molecule has 0 saturated carbocycles. The highest BCUT2D eigenvalue weighted by atomic mass is 33.1. The highest BCUT2D eigenvalue weighted by Crippen LogP contribution is 2.40. The zero-order chi connectivity index (χ0) is 20.7. The highest BCUT2D eigenvalue weighted by molar-refractivity contribution is 8.76. The number of nitrogens with one attached hydrogen (secondary N) is 1. The van der Waals surface area contributed by atoms with Crippen molar-refractivity contribution in [2.75, 3.05) is 13.6 Å². The Kier molecular flexibility index (Phi) is 7.47. The van der Waals surface area contributed by atoms with E-state index >= 15 is 0 Å². The molecule has 0 aliphatic rings. The quantitative estimate of drug-likeness (QED) is 0.584. The number of rotatable bonds is 7. The standard InChI is InChI=1S/C18H16N2O6S2/c1-20(18(25)26)17(24)12-7-3-5-9-14(12)28-27-13-8-4-2-6-11(13)16(23)19-10-15(21)22/h2-9H,10H2,1H3,(H,19,23)(H,21,22)(H,25,26). The van der Waals surface area contributed by atoms with Crippen molar-refractivity contribution in [1.29, 1.82) is 0 Å². The third-order valence-electron chi connectivity index (χ3n) is 3.46. The molecule has 2 aromatic rings. The first kappa shape index (κ1) is 21.3. The molecule has 0 spiro atoms. The fraction of sp³-hybridized carbons (Fsp3) is 0.111. The summed E-state index contributed by atoms with van der Waals surface area (Å²) in [6.07, 6.45) is -1.36. The average Bonchev–Trinajstić information content (AvgIpc) is 2.69. The maximum Gasteiger partial charge on any atom is 0.414 e. The zero-order valence-corrected chi connectivity index (χ0v) is 16.3. The van der Waals surface area contributed by atoms with Gasteiger partial charge in [-0.05, 0) is 24.3 Å². The van der Waals surface area contributed by atoms with Crippen LogP contribution in [0.1, 0.15) is 20.7 Å². The van der Waals surface area contributed by atoms with Crippen LogP contribution in [0.3, 0.4) is 0 Å². The van der Waals surface area contributed by atoms with Crippen molar-refractivity contribution in [2.24, 2.45) is 0 Å². The van der Waals surface area contributed by atoms with Gasteiger partial charge in [0.15, 0.2) is 0 Å². The van der Waals surface area contributed by atoms with Gasteiger partial charge in [0.25, 0.3) is 11.8 Å². The van der Waals surface area contributed by atoms with Crippen molar-refractivity contribution in [3.8, 4) is 0 Å². The number of benzene rings is 2. The summed E-state index contributed by atoms with van der Waals surface area (Å²) in [5.41, 5.74) is 0.519. The summed E-state index contributed by atoms with van der Waals surface area (Å²) in [6, 6.07) is 13.2. The number of hydrogen-bond donors (Lipinski definition) is 3. The van der Waals surface area contributed by atoms with Crippen molar-refractivity contribution < 1.29 is 29.4 Å². The van der Waals surface area contributed by atoms with E-state index in [1.165, 1.54) is 34.7 Å². The third-order valence-corrected chi connectivity index (χ3v) is 5.94. The van der Waals surface area contributed by atoms with Gasteiger partial charge < -0.3 is 15.5 Å². The number of aliphatic carboxylic acids is 1. The van der Waals surface area contributed by atoms with Gasteiger partial charge >= 0.3 is 12.1 Å². The van der Waals surface area contributed by atoms with E-state index in [1.807, 2.05) is 0 Å². The molecule has 146 valence electrons. The van der Waals surface area contributed by atoms with E-state index in [0.29, 0.717) is 20.3 Å². The van der Waals surface area contributed by atoms with Crippen molar-refractivity contribution in [2.45, 2.75) is 9.79 Å². The maximum absolute atomic E-state index is 12.3. The third kappa shape index (κ3) is 5.51. The SMILES string of the molecule is CN(C(=O)O)C(=O)c1ccccc1SSc1ccccc1C(=O)NCC(=O)O. The maximum atomic E-state index is 12.3. The molecule has 0 saturated heterocycles. The van der Waals surface area contributed by atoms with Gasteiger partial charge in [0, 0.05) is 16.8 Å². The molecule has 28 heavy (non-hydrogen) atoms. The van der Waals surface area contributed by atoms with E-state index in [1.54, 1.807) is 42.5 Å². The van der Waals surface area contributed by atoms with Gasteiger partial charge in [0.05, 0.1) is 11.1 Å². The molecule has 10 heteroatoms. The minimum Gasteiger partial charge on any atom is -0.480 e. The van der Waals surface area contributed by atoms with Crippen LogP contribution in [-0.2, 0) is 4.79 Å². The smallest absolute Gasteiger partial charge is 0.414 e. The van der Waals surface area contributed by atoms with Crippen LogP contribution < -0.4 is 5.32 Å². The molecule has 0 bridgehead atoms. The van der Waals surface area contributed by atoms with Crippen LogP contribution in [0, 0.1) is 0 Å². The molecular weight excluding hydrogens is 404 g/mol. The van der Waals surface area contributed by atoms with Crippen molar-refractivity contribution in [3.63, 3.8) is 0 Å². The summed E-state index contributed by atoms with van der Waals surface area (Å²) in [4.78, 5) is 47.9. The zero-order valence-electron chi connectivity index (χ0n) is 14.6. The second kappa shape index (κ2) is 9.81. The first-order chi connectivity index (χ1) is 13.3. The normalized spacial score (nSPS) is 10.2. The molecule has 0 aromatic heterocycles. The average molecular weight is 420 g/mol. The lowest BCUT2D eigenvalue weighted by Gasteiger charge is -2.14. The summed E-state index contributed by atoms with van der Waals surface area (Å²) in [6.45, 7) is -0.496. The molecule has 0 aliphatic carbocycles. The number of nitrogens with zero attached hydrogens (tertiary/aromatic N) is 1. The molecule has 2 aromatic carbocycles. The van der Waals surface area contributed by atoms with Gasteiger partial charge in [0.2, 0.25) is 0 Å². The Morgan fingerprint density at radius 3 is 1.93 bits per heavy atom. The van der Waals surface area contributed by atoms with Crippen LogP contribution in [0.4, 0.5) is 4.79 Å². The molecule has 8 nitrogen and oxygen atoms in total. The summed E-state index contributed by atoms with van der Waals surface area (Å²) >= 11 is 0. The van der Waals surface area contributed by atoms with E-state index in [2.05, 4.69) is 5.32 Å². The Hall–Kier alpha value is -2.98. The van der Waals surface area contributed by atoms with Gasteiger partial charge in [0.1, 0.15) is 6.54 Å². The van der Waals surface area contributed by atoms with Crippen molar-refractivity contribution in [3.05, 3.63) is 59.7 Å². The predicted octanol–water partition coefficient (Wildman–Crippen LogP) is 3.05. The number of carboxylic acid groups (broad SMARTS) is 2. The number of carbonyl (C=O) groups excluding carboxylic acids is 2. The van der Waals surface area contributed by atoms with E-state index in [0.717, 1.165) is 0 Å². The number of carboxylic acids is 1. The lowest BCUT2D eigenvalue weighted by molar-refractivity contribution is -0.135. The van der Waals surface area contributed by atoms with E-state index in [-0.39, 0.29) is 5.56 Å². The predicted molar refractivity (Wildman–Crippen MR) is 105 cm³/mol. The largest absolute Gasteiger partial charge is 0.480 e. The molecule has 3 amide bonds. The van der Waals surface area contributed by atoms with Crippen LogP contribution in [0.2, 0.25) is 0 Å². The van der Waals surface area contributed by atoms with Crippen LogP contribution in [0.25, 0.3) is 0 Å². The van der Waals surface area contributed by atoms with Crippen LogP contribution in [0.5, 0.6) is 0 Å². The minimum atomic E-state index is -1.36.